The molecular weight excluding hydrogens is 631 g/mol. The van der Waals surface area contributed by atoms with Crippen molar-refractivity contribution in [2.45, 2.75) is 96.0 Å². The number of thiophene rings is 1. The van der Waals surface area contributed by atoms with Gasteiger partial charge in [-0.25, -0.2) is 0 Å². The highest BCUT2D eigenvalue weighted by Crippen LogP contribution is 2.59. The Balaban J connectivity index is 1.42. The van der Waals surface area contributed by atoms with Crippen LogP contribution in [0.2, 0.25) is 0 Å². The van der Waals surface area contributed by atoms with E-state index in [-0.39, 0.29) is 24.9 Å². The third-order valence-electron chi connectivity index (χ3n) is 11.3. The van der Waals surface area contributed by atoms with E-state index in [9.17, 15) is 25.2 Å². The maximum Gasteiger partial charge on any atom is 0.203 e. The first-order valence-electron chi connectivity index (χ1n) is 17.8. The lowest BCUT2D eigenvalue weighted by molar-refractivity contribution is -0.0907. The lowest BCUT2D eigenvalue weighted by Crippen LogP contribution is -2.53. The Labute approximate surface area is 294 Å². The van der Waals surface area contributed by atoms with Crippen molar-refractivity contribution in [2.75, 3.05) is 19.7 Å². The lowest BCUT2D eigenvalue weighted by atomic mass is 9.64. The Bertz CT molecular complexity index is 1810. The lowest BCUT2D eigenvalue weighted by Gasteiger charge is -2.46. The molecule has 0 spiro atoms. The van der Waals surface area contributed by atoms with Gasteiger partial charge in [-0.2, -0.15) is 0 Å². The largest absolute Gasteiger partial charge is 0.394 e. The molecule has 2 bridgehead atoms. The summed E-state index contributed by atoms with van der Waals surface area (Å²) in [4.78, 5) is 18.1. The van der Waals surface area contributed by atoms with Gasteiger partial charge in [-0.1, -0.05) is 73.2 Å². The van der Waals surface area contributed by atoms with Crippen molar-refractivity contribution in [1.82, 2.24) is 4.90 Å². The molecule has 49 heavy (non-hydrogen) atoms. The number of carbonyl (C=O) groups excluding carboxylic acids is 1. The summed E-state index contributed by atoms with van der Waals surface area (Å²) in [7, 11) is 0. The first-order valence-corrected chi connectivity index (χ1v) is 18.6. The van der Waals surface area contributed by atoms with Gasteiger partial charge in [-0.05, 0) is 110 Å². The molecule has 3 aromatic carbocycles. The number of aryl methyl sites for hydroxylation is 1. The second kappa shape index (κ2) is 15.0. The molecule has 7 rings (SSSR count). The van der Waals surface area contributed by atoms with E-state index < -0.39 is 23.2 Å². The molecule has 1 saturated carbocycles. The molecular formula is C42H51NO5S. The van der Waals surface area contributed by atoms with Crippen molar-refractivity contribution in [3.63, 3.8) is 0 Å². The molecule has 1 aromatic heterocycles. The first-order chi connectivity index (χ1) is 23.5. The molecule has 3 aliphatic carbocycles. The van der Waals surface area contributed by atoms with E-state index in [2.05, 4.69) is 61.2 Å². The highest BCUT2D eigenvalue weighted by molar-refractivity contribution is 7.14. The van der Waals surface area contributed by atoms with Gasteiger partial charge in [0.05, 0.1) is 29.3 Å². The fourth-order valence-electron chi connectivity index (χ4n) is 8.47. The van der Waals surface area contributed by atoms with Crippen molar-refractivity contribution in [1.29, 1.82) is 0 Å². The van der Waals surface area contributed by atoms with Gasteiger partial charge in [0, 0.05) is 35.5 Å². The molecule has 1 heterocycles. The molecule has 0 amide bonds. The molecule has 4 N–H and O–H groups in total. The summed E-state index contributed by atoms with van der Waals surface area (Å²) in [6, 6.07) is 24.5. The molecule has 1 fully saturated rings. The normalized spacial score (nSPS) is 25.3. The van der Waals surface area contributed by atoms with Gasteiger partial charge in [-0.15, -0.1) is 11.3 Å². The van der Waals surface area contributed by atoms with Gasteiger partial charge < -0.3 is 20.4 Å². The minimum absolute atomic E-state index is 0.00582. The molecule has 5 unspecified atom stereocenters. The molecule has 0 saturated heterocycles. The zero-order chi connectivity index (χ0) is 34.8. The number of allylic oxidation sites excluding steroid dienone is 2. The van der Waals surface area contributed by atoms with Crippen LogP contribution in [-0.2, 0) is 13.0 Å². The summed E-state index contributed by atoms with van der Waals surface area (Å²) in [5.41, 5.74) is 3.18. The number of rotatable bonds is 9. The standard InChI is InChI=1S/C42H51NO5S/c1-28-8-7-20-41(3)38(36-17-15-30(22-33(45)16-13-28)23-37(36)40(47)39-18-14-29(2)49-39)19-21-42(41,48)27-43(25-34(46)26-44)24-32-11-6-10-31-9-4-5-12-35(31)32/h4-6,8-12,14-15,17-18,23,33-34,38,44-46,48H,7,13,16,19-22,24-27H2,1-3H3. The van der Waals surface area contributed by atoms with Gasteiger partial charge in [0.25, 0.3) is 0 Å². The number of aliphatic hydroxyl groups is 4. The van der Waals surface area contributed by atoms with Crippen molar-refractivity contribution in [3.8, 4) is 0 Å². The van der Waals surface area contributed by atoms with Crippen LogP contribution >= 0.6 is 11.3 Å². The van der Waals surface area contributed by atoms with E-state index in [1.807, 2.05) is 43.3 Å². The fraction of sp³-hybridized carbons (Fsp3) is 0.452. The van der Waals surface area contributed by atoms with Crippen LogP contribution in [0.1, 0.15) is 95.1 Å². The molecule has 7 heteroatoms. The number of hydrogen-bond donors (Lipinski definition) is 4. The van der Waals surface area contributed by atoms with E-state index in [0.717, 1.165) is 45.2 Å². The quantitative estimate of drug-likeness (QED) is 0.109. The number of benzene rings is 3. The van der Waals surface area contributed by atoms with Gasteiger partial charge >= 0.3 is 0 Å². The Morgan fingerprint density at radius 2 is 1.82 bits per heavy atom. The summed E-state index contributed by atoms with van der Waals surface area (Å²) < 4.78 is 0. The number of hydrogen-bond acceptors (Lipinski definition) is 7. The molecule has 5 atom stereocenters. The van der Waals surface area contributed by atoms with Crippen LogP contribution in [0.25, 0.3) is 10.8 Å². The summed E-state index contributed by atoms with van der Waals surface area (Å²) in [5.74, 6) is -0.0935. The number of aliphatic hydroxyl groups excluding tert-OH is 3. The number of carbonyl (C=O) groups is 1. The Morgan fingerprint density at radius 1 is 1.02 bits per heavy atom. The molecule has 3 aliphatic rings. The summed E-state index contributed by atoms with van der Waals surface area (Å²) >= 11 is 1.50. The average Bonchev–Trinajstić information content (AvgIpc) is 3.63. The Kier molecular flexibility index (Phi) is 10.9. The zero-order valence-corrected chi connectivity index (χ0v) is 29.9. The van der Waals surface area contributed by atoms with Crippen LogP contribution < -0.4 is 0 Å². The van der Waals surface area contributed by atoms with Gasteiger partial charge in [0.15, 0.2) is 0 Å². The topological polar surface area (TPSA) is 101 Å². The van der Waals surface area contributed by atoms with E-state index >= 15 is 0 Å². The minimum Gasteiger partial charge on any atom is -0.394 e. The van der Waals surface area contributed by atoms with Crippen LogP contribution in [0.15, 0.2) is 84.4 Å². The van der Waals surface area contributed by atoms with E-state index in [1.165, 1.54) is 16.9 Å². The monoisotopic (exact) mass is 681 g/mol. The molecule has 6 nitrogen and oxygen atoms in total. The van der Waals surface area contributed by atoms with Crippen molar-refractivity contribution >= 4 is 27.9 Å². The maximum absolute atomic E-state index is 14.2. The molecule has 0 aliphatic heterocycles. The third kappa shape index (κ3) is 7.63. The van der Waals surface area contributed by atoms with Crippen LogP contribution in [0.5, 0.6) is 0 Å². The van der Waals surface area contributed by atoms with E-state index in [4.69, 9.17) is 0 Å². The SMILES string of the molecule is CC1=CCCC2(C)C(CCC2(O)CN(Cc2cccc3ccccc23)CC(O)CO)c2ccc(cc2C(=O)c2ccc(C)s2)CC(O)CC1. The van der Waals surface area contributed by atoms with Crippen LogP contribution in [0.4, 0.5) is 0 Å². The summed E-state index contributed by atoms with van der Waals surface area (Å²) in [5, 5.41) is 46.8. The maximum atomic E-state index is 14.2. The van der Waals surface area contributed by atoms with Gasteiger partial charge in [0.1, 0.15) is 0 Å². The third-order valence-corrected chi connectivity index (χ3v) is 12.3. The molecule has 0 radical (unpaired) electrons. The van der Waals surface area contributed by atoms with Crippen molar-refractivity contribution in [2.24, 2.45) is 5.41 Å². The number of fused-ring (bicyclic) bond motifs is 9. The van der Waals surface area contributed by atoms with Crippen molar-refractivity contribution in [3.05, 3.63) is 116 Å². The van der Waals surface area contributed by atoms with Crippen LogP contribution in [0.3, 0.4) is 0 Å². The summed E-state index contributed by atoms with van der Waals surface area (Å²) in [6.45, 7) is 7.02. The second-order valence-electron chi connectivity index (χ2n) is 14.8. The highest BCUT2D eigenvalue weighted by Gasteiger charge is 2.57. The average molecular weight is 682 g/mol. The molecule has 260 valence electrons. The highest BCUT2D eigenvalue weighted by atomic mass is 32.1. The second-order valence-corrected chi connectivity index (χ2v) is 16.1. The fourth-order valence-corrected chi connectivity index (χ4v) is 9.29. The van der Waals surface area contributed by atoms with Gasteiger partial charge in [-0.3, -0.25) is 9.69 Å². The molecule has 4 aromatic rings. The summed E-state index contributed by atoms with van der Waals surface area (Å²) in [6.07, 6.45) is 5.49. The minimum atomic E-state index is -1.13. The zero-order valence-electron chi connectivity index (χ0n) is 29.1. The van der Waals surface area contributed by atoms with Gasteiger partial charge in [0.2, 0.25) is 5.78 Å². The van der Waals surface area contributed by atoms with Crippen molar-refractivity contribution < 1.29 is 25.2 Å². The van der Waals surface area contributed by atoms with Crippen LogP contribution in [-0.4, -0.2) is 68.6 Å². The van der Waals surface area contributed by atoms with Crippen LogP contribution in [0, 0.1) is 12.3 Å². The van der Waals surface area contributed by atoms with E-state index in [0.29, 0.717) is 55.6 Å². The Morgan fingerprint density at radius 3 is 2.59 bits per heavy atom. The van der Waals surface area contributed by atoms with E-state index in [1.54, 1.807) is 0 Å². The predicted octanol–water partition coefficient (Wildman–Crippen LogP) is 7.33. The number of nitrogens with zero attached hydrogens (tertiary/aromatic N) is 1. The number of ketones is 1. The predicted molar refractivity (Wildman–Crippen MR) is 198 cm³/mol. The smallest absolute Gasteiger partial charge is 0.203 e. The first kappa shape index (κ1) is 35.6. The Hall–Kier alpha value is -3.17.